The van der Waals surface area contributed by atoms with Crippen LogP contribution < -0.4 is 9.47 Å². The van der Waals surface area contributed by atoms with Crippen molar-refractivity contribution in [2.75, 3.05) is 39.6 Å². The van der Waals surface area contributed by atoms with Gasteiger partial charge >= 0.3 is 9.05 Å². The van der Waals surface area contributed by atoms with Crippen LogP contribution >= 0.6 is 0 Å². The summed E-state index contributed by atoms with van der Waals surface area (Å²) in [6.07, 6.45) is 0. The lowest BCUT2D eigenvalue weighted by molar-refractivity contribution is -0.0386. The zero-order valence-corrected chi connectivity index (χ0v) is 17.0. The van der Waals surface area contributed by atoms with E-state index in [1.54, 1.807) is 0 Å². The lowest BCUT2D eigenvalue weighted by atomic mass is 10.3. The third kappa shape index (κ3) is 8.11. The first kappa shape index (κ1) is 21.4. The van der Waals surface area contributed by atoms with Crippen LogP contribution in [0.4, 0.5) is 0 Å². The molecular weight excluding hydrogens is 364 g/mol. The van der Waals surface area contributed by atoms with Gasteiger partial charge in [0.1, 0.15) is 24.7 Å². The Hall–Kier alpha value is -1.90. The third-order valence-electron chi connectivity index (χ3n) is 3.39. The van der Waals surface area contributed by atoms with Gasteiger partial charge in [-0.3, -0.25) is 0 Å². The maximum absolute atomic E-state index is 5.88. The molecule has 0 amide bonds. The molecule has 2 aromatic carbocycles. The first-order chi connectivity index (χ1) is 13.3. The number of rotatable bonds is 14. The van der Waals surface area contributed by atoms with Crippen molar-refractivity contribution in [1.29, 1.82) is 0 Å². The summed E-state index contributed by atoms with van der Waals surface area (Å²) < 4.78 is 34.5. The van der Waals surface area contributed by atoms with Gasteiger partial charge in [0.15, 0.2) is 0 Å². The van der Waals surface area contributed by atoms with Crippen LogP contribution in [-0.2, 0) is 17.7 Å². The molecule has 0 atom stereocenters. The summed E-state index contributed by atoms with van der Waals surface area (Å²) in [4.78, 5) is 0. The molecule has 0 aromatic heterocycles. The fourth-order valence-electron chi connectivity index (χ4n) is 2.29. The number of hydrogen-bond donors (Lipinski definition) is 0. The highest BCUT2D eigenvalue weighted by Gasteiger charge is 2.45. The Bertz CT molecular complexity index is 555. The van der Waals surface area contributed by atoms with E-state index in [1.807, 2.05) is 74.5 Å². The van der Waals surface area contributed by atoms with Gasteiger partial charge in [-0.1, -0.05) is 36.4 Å². The van der Waals surface area contributed by atoms with Gasteiger partial charge in [-0.2, -0.15) is 0 Å². The maximum atomic E-state index is 5.88. The molecule has 0 aliphatic rings. The highest BCUT2D eigenvalue weighted by molar-refractivity contribution is 6.53. The number of ether oxygens (including phenoxy) is 2. The van der Waals surface area contributed by atoms with Crippen molar-refractivity contribution in [2.45, 2.75) is 13.8 Å². The van der Waals surface area contributed by atoms with Gasteiger partial charge in [-0.25, -0.2) is 0 Å². The van der Waals surface area contributed by atoms with Gasteiger partial charge in [0.25, 0.3) is 0 Å². The second-order valence-corrected chi connectivity index (χ2v) is 7.54. The van der Waals surface area contributed by atoms with E-state index in [2.05, 4.69) is 0 Å². The minimum atomic E-state index is -3.23. The molecule has 0 N–H and O–H groups in total. The lowest BCUT2D eigenvalue weighted by Crippen LogP contribution is -2.50. The van der Waals surface area contributed by atoms with E-state index in [0.717, 1.165) is 11.5 Å². The van der Waals surface area contributed by atoms with Gasteiger partial charge in [0.05, 0.1) is 13.2 Å². The highest BCUT2D eigenvalue weighted by Crippen LogP contribution is 2.14. The fraction of sp³-hybridized carbons (Fsp3) is 0.400. The van der Waals surface area contributed by atoms with Crippen molar-refractivity contribution in [3.8, 4) is 11.5 Å². The van der Waals surface area contributed by atoms with Gasteiger partial charge in [0, 0.05) is 13.2 Å². The van der Waals surface area contributed by atoms with Gasteiger partial charge < -0.3 is 27.2 Å². The lowest BCUT2D eigenvalue weighted by Gasteiger charge is -2.27. The SMILES string of the molecule is CCO[Si](OCC)(OCCOc1ccccc1)OCCOc1ccccc1. The Labute approximate surface area is 162 Å². The molecule has 0 heterocycles. The summed E-state index contributed by atoms with van der Waals surface area (Å²) in [6, 6.07) is 19.2. The van der Waals surface area contributed by atoms with E-state index < -0.39 is 9.05 Å². The molecule has 0 bridgehead atoms. The summed E-state index contributed by atoms with van der Waals surface area (Å²) in [7, 11) is -3.23. The number of hydrogen-bond acceptors (Lipinski definition) is 6. The van der Waals surface area contributed by atoms with Crippen molar-refractivity contribution in [3.05, 3.63) is 60.7 Å². The Balaban J connectivity index is 1.79. The quantitative estimate of drug-likeness (QED) is 0.361. The Morgan fingerprint density at radius 3 is 1.33 bits per heavy atom. The zero-order chi connectivity index (χ0) is 19.2. The molecule has 0 saturated carbocycles. The van der Waals surface area contributed by atoms with Crippen molar-refractivity contribution in [3.63, 3.8) is 0 Å². The van der Waals surface area contributed by atoms with E-state index in [9.17, 15) is 0 Å². The third-order valence-corrected chi connectivity index (χ3v) is 5.79. The highest BCUT2D eigenvalue weighted by atomic mass is 28.4. The molecule has 2 aromatic rings. The number of benzene rings is 2. The van der Waals surface area contributed by atoms with E-state index in [0.29, 0.717) is 39.6 Å². The predicted octanol–water partition coefficient (Wildman–Crippen LogP) is 3.69. The summed E-state index contributed by atoms with van der Waals surface area (Å²) >= 11 is 0. The van der Waals surface area contributed by atoms with Crippen LogP contribution in [0.15, 0.2) is 60.7 Å². The van der Waals surface area contributed by atoms with Gasteiger partial charge in [-0.15, -0.1) is 0 Å². The molecule has 0 aliphatic heterocycles. The van der Waals surface area contributed by atoms with Crippen molar-refractivity contribution in [2.24, 2.45) is 0 Å². The largest absolute Gasteiger partial charge is 0.679 e. The summed E-state index contributed by atoms with van der Waals surface area (Å²) in [5.74, 6) is 1.58. The average Bonchev–Trinajstić information content (AvgIpc) is 2.71. The molecule has 0 radical (unpaired) electrons. The van der Waals surface area contributed by atoms with Crippen LogP contribution in [0.5, 0.6) is 11.5 Å². The van der Waals surface area contributed by atoms with Gasteiger partial charge in [0.2, 0.25) is 0 Å². The van der Waals surface area contributed by atoms with Crippen LogP contribution in [0.25, 0.3) is 0 Å². The van der Waals surface area contributed by atoms with Crippen LogP contribution in [0.3, 0.4) is 0 Å². The molecule has 2 rings (SSSR count). The monoisotopic (exact) mass is 392 g/mol. The molecule has 0 aliphatic carbocycles. The van der Waals surface area contributed by atoms with E-state index in [-0.39, 0.29) is 0 Å². The first-order valence-electron chi connectivity index (χ1n) is 9.19. The standard InChI is InChI=1S/C20H28O6Si/c1-3-23-27(24-4-2,25-17-15-21-19-11-7-5-8-12-19)26-18-16-22-20-13-9-6-10-14-20/h5-14H,3-4,15-18H2,1-2H3. The molecule has 148 valence electrons. The van der Waals surface area contributed by atoms with Crippen LogP contribution in [-0.4, -0.2) is 48.7 Å². The van der Waals surface area contributed by atoms with Crippen LogP contribution in [0.1, 0.15) is 13.8 Å². The second kappa shape index (κ2) is 12.5. The molecular formula is C20H28O6Si. The van der Waals surface area contributed by atoms with Crippen molar-refractivity contribution >= 4 is 9.05 Å². The first-order valence-corrected chi connectivity index (χ1v) is 10.8. The predicted molar refractivity (Wildman–Crippen MR) is 105 cm³/mol. The minimum absolute atomic E-state index is 0.306. The normalized spacial score (nSPS) is 11.3. The molecule has 7 heteroatoms. The Kier molecular flexibility index (Phi) is 9.89. The Morgan fingerprint density at radius 2 is 0.963 bits per heavy atom. The zero-order valence-electron chi connectivity index (χ0n) is 16.0. The van der Waals surface area contributed by atoms with E-state index in [4.69, 9.17) is 27.2 Å². The summed E-state index contributed by atoms with van der Waals surface area (Å²) in [6.45, 7) is 6.01. The van der Waals surface area contributed by atoms with Crippen molar-refractivity contribution in [1.82, 2.24) is 0 Å². The summed E-state index contributed by atoms with van der Waals surface area (Å²) in [5.41, 5.74) is 0. The van der Waals surface area contributed by atoms with Crippen LogP contribution in [0.2, 0.25) is 0 Å². The Morgan fingerprint density at radius 1 is 0.556 bits per heavy atom. The molecule has 0 fully saturated rings. The van der Waals surface area contributed by atoms with Crippen LogP contribution in [0, 0.1) is 0 Å². The van der Waals surface area contributed by atoms with E-state index in [1.165, 1.54) is 0 Å². The topological polar surface area (TPSA) is 55.4 Å². The molecule has 0 unspecified atom stereocenters. The second-order valence-electron chi connectivity index (χ2n) is 5.39. The average molecular weight is 393 g/mol. The van der Waals surface area contributed by atoms with Crippen molar-refractivity contribution < 1.29 is 27.2 Å². The summed E-state index contributed by atoms with van der Waals surface area (Å²) in [5, 5.41) is 0. The molecule has 0 saturated heterocycles. The van der Waals surface area contributed by atoms with Gasteiger partial charge in [-0.05, 0) is 38.1 Å². The fourth-order valence-corrected chi connectivity index (χ4v) is 4.16. The minimum Gasteiger partial charge on any atom is -0.491 e. The van der Waals surface area contributed by atoms with E-state index >= 15 is 0 Å². The smallest absolute Gasteiger partial charge is 0.491 e. The number of para-hydroxylation sites is 2. The molecule has 27 heavy (non-hydrogen) atoms. The molecule has 6 nitrogen and oxygen atoms in total. The maximum Gasteiger partial charge on any atom is 0.679 e. The molecule has 0 spiro atoms.